The summed E-state index contributed by atoms with van der Waals surface area (Å²) < 4.78 is 3.71. The van der Waals surface area contributed by atoms with Gasteiger partial charge in [-0.2, -0.15) is 0 Å². The molecule has 11 heteroatoms. The number of piperidine rings is 3. The molecule has 66 heavy (non-hydrogen) atoms. The van der Waals surface area contributed by atoms with E-state index in [-0.39, 0.29) is 42.2 Å². The summed E-state index contributed by atoms with van der Waals surface area (Å²) in [6.07, 6.45) is 32.3. The number of carboxylic acids is 1. The van der Waals surface area contributed by atoms with Crippen LogP contribution in [0.15, 0.2) is 58.1 Å². The normalized spacial score (nSPS) is 31.0. The van der Waals surface area contributed by atoms with E-state index in [4.69, 9.17) is 0 Å². The van der Waals surface area contributed by atoms with Crippen LogP contribution < -0.4 is 11.1 Å². The molecule has 6 heterocycles. The number of carbonyl (C=O) groups is 2. The number of nitrogens with zero attached hydrogens (tertiary/aromatic N) is 6. The number of benzene rings is 2. The van der Waals surface area contributed by atoms with Gasteiger partial charge in [-0.1, -0.05) is 109 Å². The fraction of sp³-hybridized carbons (Fsp3) is 0.673. The first-order valence-electron chi connectivity index (χ1n) is 26.0. The highest BCUT2D eigenvalue weighted by molar-refractivity contribution is 5.93. The van der Waals surface area contributed by atoms with Crippen molar-refractivity contribution < 1.29 is 14.7 Å². The van der Waals surface area contributed by atoms with E-state index in [1.807, 2.05) is 53.1 Å². The molecule has 11 nitrogen and oxygen atoms in total. The summed E-state index contributed by atoms with van der Waals surface area (Å²) >= 11 is 0. The SMILES string of the molecule is C.CC(=O)c1nc2ccccc2n(C2C[C@H]3CC[C@@H](C2)N3C2CCCCCCCCCC2)c1=O.O=C(O)c1nc2ccccc2n(C2C[C@H]3CCC[C@@H](C2)N3C2CC3CCCC(C3)C2)c1=O. The number of hydrogen-bond donors (Lipinski definition) is 1. The van der Waals surface area contributed by atoms with E-state index < -0.39 is 11.5 Å². The van der Waals surface area contributed by atoms with Gasteiger partial charge in [-0.3, -0.25) is 24.2 Å². The van der Waals surface area contributed by atoms with Crippen LogP contribution in [0, 0.1) is 11.8 Å². The maximum atomic E-state index is 13.4. The highest BCUT2D eigenvalue weighted by Crippen LogP contribution is 2.48. The lowest BCUT2D eigenvalue weighted by atomic mass is 9.68. The molecule has 0 amide bonds. The monoisotopic (exact) mass is 901 g/mol. The van der Waals surface area contributed by atoms with E-state index in [1.54, 1.807) is 4.57 Å². The van der Waals surface area contributed by atoms with Crippen molar-refractivity contribution in [3.8, 4) is 0 Å². The third kappa shape index (κ3) is 9.46. The fourth-order valence-electron chi connectivity index (χ4n) is 14.8. The molecule has 1 N–H and O–H groups in total. The van der Waals surface area contributed by atoms with Gasteiger partial charge < -0.3 is 14.2 Å². The molecule has 356 valence electrons. The van der Waals surface area contributed by atoms with Gasteiger partial charge in [-0.15, -0.1) is 0 Å². The van der Waals surface area contributed by atoms with Crippen LogP contribution in [0.25, 0.3) is 22.1 Å². The van der Waals surface area contributed by atoms with Gasteiger partial charge in [-0.25, -0.2) is 14.8 Å². The summed E-state index contributed by atoms with van der Waals surface area (Å²) in [7, 11) is 0. The van der Waals surface area contributed by atoms with Crippen molar-refractivity contribution in [1.82, 2.24) is 28.9 Å². The molecule has 11 rings (SSSR count). The first kappa shape index (κ1) is 46.9. The van der Waals surface area contributed by atoms with E-state index in [1.165, 1.54) is 142 Å². The summed E-state index contributed by atoms with van der Waals surface area (Å²) in [5.41, 5.74) is 2.08. The average Bonchev–Trinajstić information content (AvgIpc) is 3.52. The van der Waals surface area contributed by atoms with Crippen molar-refractivity contribution in [2.75, 3.05) is 0 Å². The highest BCUT2D eigenvalue weighted by Gasteiger charge is 2.47. The molecule has 0 radical (unpaired) electrons. The van der Waals surface area contributed by atoms with Crippen LogP contribution in [0.2, 0.25) is 0 Å². The van der Waals surface area contributed by atoms with Gasteiger partial charge in [0.2, 0.25) is 5.69 Å². The summed E-state index contributed by atoms with van der Waals surface area (Å²) in [5.74, 6) is 0.352. The Bertz CT molecular complexity index is 2430. The molecule has 4 aromatic rings. The van der Waals surface area contributed by atoms with Gasteiger partial charge in [0.05, 0.1) is 22.1 Å². The standard InChI is InChI=1S/C28H39N3O2.C26H33N3O3.CH4/c1-20(32)27-28(33)31(26-15-11-10-14-25(26)29-27)24-18-22-16-17-23(19-24)30(22)21-12-8-6-4-2-3-5-7-9-13-21;30-25-24(26(31)32)27-22-9-1-2-10-23(22)29(25)21-14-18-7-4-8-19(15-21)28(18)20-12-16-5-3-6-17(11-16)13-20;/h10-11,14-15,21-24H,2-9,12-13,16-19H2,1H3;1-2,9-10,16-21H,3-8,11-15H2,(H,31,32);1H4/t22-,23+,24?;16?,17?,18-,19+,20?,21?;. The summed E-state index contributed by atoms with van der Waals surface area (Å²) in [5, 5.41) is 9.62. The molecule has 2 aromatic heterocycles. The Morgan fingerprint density at radius 1 is 0.470 bits per heavy atom. The van der Waals surface area contributed by atoms with Crippen molar-refractivity contribution in [1.29, 1.82) is 0 Å². The van der Waals surface area contributed by atoms with Crippen molar-refractivity contribution in [2.45, 2.75) is 223 Å². The summed E-state index contributed by atoms with van der Waals surface area (Å²) in [6.45, 7) is 1.46. The zero-order valence-corrected chi connectivity index (χ0v) is 38.8. The lowest BCUT2D eigenvalue weighted by molar-refractivity contribution is -0.0486. The predicted octanol–water partition coefficient (Wildman–Crippen LogP) is 11.3. The molecule has 7 fully saturated rings. The smallest absolute Gasteiger partial charge is 0.360 e. The lowest BCUT2D eigenvalue weighted by Crippen LogP contribution is -2.58. The molecule has 4 unspecified atom stereocenters. The number of fused-ring (bicyclic) bond motifs is 8. The van der Waals surface area contributed by atoms with Crippen molar-refractivity contribution in [3.63, 3.8) is 0 Å². The topological polar surface area (TPSA) is 131 Å². The zero-order chi connectivity index (χ0) is 44.6. The second-order valence-corrected chi connectivity index (χ2v) is 21.5. The number of ketones is 1. The van der Waals surface area contributed by atoms with Gasteiger partial charge in [0.15, 0.2) is 11.5 Å². The van der Waals surface area contributed by atoms with Crippen molar-refractivity contribution in [3.05, 3.63) is 80.6 Å². The Balaban J connectivity index is 0.000000163. The minimum Gasteiger partial charge on any atom is -0.476 e. The van der Waals surface area contributed by atoms with E-state index in [0.29, 0.717) is 41.8 Å². The van der Waals surface area contributed by atoms with E-state index in [9.17, 15) is 24.3 Å². The van der Waals surface area contributed by atoms with Gasteiger partial charge >= 0.3 is 5.97 Å². The molecule has 3 saturated carbocycles. The minimum absolute atomic E-state index is 0. The molecule has 4 aliphatic heterocycles. The Labute approximate surface area is 391 Å². The molecule has 0 spiro atoms. The highest BCUT2D eigenvalue weighted by atomic mass is 16.4. The number of Topliss-reactive ketones (excluding diaryl/α,β-unsaturated/α-hetero) is 1. The van der Waals surface area contributed by atoms with Crippen LogP contribution in [-0.4, -0.2) is 82.0 Å². The molecular formula is C55H76N6O5. The van der Waals surface area contributed by atoms with Crippen LogP contribution >= 0.6 is 0 Å². The second kappa shape index (κ2) is 20.6. The molecule has 4 saturated heterocycles. The van der Waals surface area contributed by atoms with Crippen LogP contribution in [0.1, 0.15) is 208 Å². The number of aromatic carboxylic acids is 1. The molecule has 7 aliphatic rings. The number of hydrogen-bond acceptors (Lipinski definition) is 8. The van der Waals surface area contributed by atoms with E-state index >= 15 is 0 Å². The molecule has 6 bridgehead atoms. The largest absolute Gasteiger partial charge is 0.476 e. The Morgan fingerprint density at radius 3 is 1.38 bits per heavy atom. The maximum Gasteiger partial charge on any atom is 0.360 e. The van der Waals surface area contributed by atoms with Gasteiger partial charge in [0.1, 0.15) is 0 Å². The Morgan fingerprint density at radius 2 is 0.879 bits per heavy atom. The van der Waals surface area contributed by atoms with Gasteiger partial charge in [-0.05, 0) is 120 Å². The number of carbonyl (C=O) groups excluding carboxylic acids is 1. The van der Waals surface area contributed by atoms with Crippen molar-refractivity contribution in [2.24, 2.45) is 11.8 Å². The Hall–Kier alpha value is -4.22. The predicted molar refractivity (Wildman–Crippen MR) is 263 cm³/mol. The minimum atomic E-state index is -1.24. The molecule has 3 aliphatic carbocycles. The number of para-hydroxylation sites is 4. The number of carboxylic acid groups (broad SMARTS) is 1. The van der Waals surface area contributed by atoms with Crippen LogP contribution in [-0.2, 0) is 0 Å². The second-order valence-electron chi connectivity index (χ2n) is 21.5. The fourth-order valence-corrected chi connectivity index (χ4v) is 14.8. The van der Waals surface area contributed by atoms with E-state index in [0.717, 1.165) is 54.1 Å². The van der Waals surface area contributed by atoms with E-state index in [2.05, 4.69) is 19.8 Å². The van der Waals surface area contributed by atoms with Crippen molar-refractivity contribution >= 4 is 33.8 Å². The first-order valence-corrected chi connectivity index (χ1v) is 26.0. The van der Waals surface area contributed by atoms with Gasteiger partial charge in [0, 0.05) is 55.3 Å². The third-order valence-corrected chi connectivity index (χ3v) is 17.4. The molecular weight excluding hydrogens is 825 g/mol. The number of rotatable bonds is 6. The third-order valence-electron chi connectivity index (χ3n) is 17.4. The van der Waals surface area contributed by atoms with Crippen LogP contribution in [0.5, 0.6) is 0 Å². The molecule has 8 atom stereocenters. The van der Waals surface area contributed by atoms with Crippen LogP contribution in [0.4, 0.5) is 0 Å². The zero-order valence-electron chi connectivity index (χ0n) is 38.8. The first-order chi connectivity index (χ1) is 31.7. The van der Waals surface area contributed by atoms with Crippen LogP contribution in [0.3, 0.4) is 0 Å². The summed E-state index contributed by atoms with van der Waals surface area (Å²) in [6, 6.07) is 19.1. The average molecular weight is 901 g/mol. The maximum absolute atomic E-state index is 13.4. The number of aromatic nitrogens is 4. The summed E-state index contributed by atoms with van der Waals surface area (Å²) in [4.78, 5) is 65.0. The Kier molecular flexibility index (Phi) is 14.6. The van der Waals surface area contributed by atoms with Gasteiger partial charge in [0.25, 0.3) is 11.1 Å². The molecule has 2 aromatic carbocycles. The quantitative estimate of drug-likeness (QED) is 0.188. The lowest BCUT2D eigenvalue weighted by Gasteiger charge is -2.55.